The van der Waals surface area contributed by atoms with Gasteiger partial charge in [-0.3, -0.25) is 0 Å². The van der Waals surface area contributed by atoms with Gasteiger partial charge in [0.2, 0.25) is 0 Å². The molecule has 1 aliphatic rings. The van der Waals surface area contributed by atoms with Gasteiger partial charge < -0.3 is 19.5 Å². The van der Waals surface area contributed by atoms with Crippen molar-refractivity contribution in [1.82, 2.24) is 19.8 Å². The Morgan fingerprint density at radius 2 is 2.07 bits per heavy atom. The van der Waals surface area contributed by atoms with E-state index in [0.29, 0.717) is 19.1 Å². The molecule has 1 atom stereocenters. The van der Waals surface area contributed by atoms with Gasteiger partial charge in [-0.25, -0.2) is 9.78 Å². The van der Waals surface area contributed by atoms with E-state index in [0.717, 1.165) is 49.6 Å². The zero-order valence-corrected chi connectivity index (χ0v) is 16.6. The van der Waals surface area contributed by atoms with Gasteiger partial charge in [-0.1, -0.05) is 29.8 Å². The fourth-order valence-corrected chi connectivity index (χ4v) is 3.66. The van der Waals surface area contributed by atoms with Crippen molar-refractivity contribution < 1.29 is 9.53 Å². The van der Waals surface area contributed by atoms with E-state index in [1.54, 1.807) is 7.11 Å². The molecule has 0 aliphatic carbocycles. The summed E-state index contributed by atoms with van der Waals surface area (Å²) >= 11 is 0. The molecule has 1 fully saturated rings. The summed E-state index contributed by atoms with van der Waals surface area (Å²) in [5.74, 6) is 1.39. The SMILES string of the molecule is COCc1ncc(C)n1CC1CCCN(C(=O)NCc2ccc(C)cc2)C1. The number of urea groups is 1. The maximum Gasteiger partial charge on any atom is 0.317 e. The van der Waals surface area contributed by atoms with Crippen LogP contribution in [0.5, 0.6) is 0 Å². The van der Waals surface area contributed by atoms with E-state index < -0.39 is 0 Å². The molecule has 1 unspecified atom stereocenters. The predicted octanol–water partition coefficient (Wildman–Crippen LogP) is 3.27. The van der Waals surface area contributed by atoms with Crippen LogP contribution in [0.25, 0.3) is 0 Å². The standard InChI is InChI=1S/C21H30N4O2/c1-16-6-8-18(9-7-16)12-23-21(26)24-10-4-5-19(13-24)14-25-17(2)11-22-20(25)15-27-3/h6-9,11,19H,4-5,10,12-15H2,1-3H3,(H,23,26). The summed E-state index contributed by atoms with van der Waals surface area (Å²) in [6, 6.07) is 8.30. The van der Waals surface area contributed by atoms with Crippen LogP contribution in [0.15, 0.2) is 30.5 Å². The molecule has 2 amide bonds. The third kappa shape index (κ3) is 5.10. The molecule has 3 rings (SSSR count). The Labute approximate surface area is 161 Å². The monoisotopic (exact) mass is 370 g/mol. The van der Waals surface area contributed by atoms with Gasteiger partial charge >= 0.3 is 6.03 Å². The molecule has 2 aromatic rings. The number of imidazole rings is 1. The minimum absolute atomic E-state index is 0.0275. The number of hydrogen-bond acceptors (Lipinski definition) is 3. The summed E-state index contributed by atoms with van der Waals surface area (Å²) in [7, 11) is 1.69. The van der Waals surface area contributed by atoms with Crippen LogP contribution in [0.4, 0.5) is 4.79 Å². The molecule has 0 bridgehead atoms. The second kappa shape index (κ2) is 9.04. The van der Waals surface area contributed by atoms with E-state index in [2.05, 4.69) is 53.0 Å². The quantitative estimate of drug-likeness (QED) is 0.849. The zero-order valence-electron chi connectivity index (χ0n) is 16.6. The smallest absolute Gasteiger partial charge is 0.317 e. The number of hydrogen-bond donors (Lipinski definition) is 1. The third-order valence-electron chi connectivity index (χ3n) is 5.22. The van der Waals surface area contributed by atoms with Gasteiger partial charge in [0.25, 0.3) is 0 Å². The lowest BCUT2D eigenvalue weighted by atomic mass is 9.98. The van der Waals surface area contributed by atoms with Crippen molar-refractivity contribution in [3.8, 4) is 0 Å². The van der Waals surface area contributed by atoms with Crippen LogP contribution < -0.4 is 5.32 Å². The minimum atomic E-state index is 0.0275. The number of amides is 2. The lowest BCUT2D eigenvalue weighted by Crippen LogP contribution is -2.46. The van der Waals surface area contributed by atoms with Crippen molar-refractivity contribution in [2.45, 2.75) is 46.4 Å². The fourth-order valence-electron chi connectivity index (χ4n) is 3.66. The van der Waals surface area contributed by atoms with Crippen molar-refractivity contribution >= 4 is 6.03 Å². The van der Waals surface area contributed by atoms with E-state index in [4.69, 9.17) is 4.74 Å². The highest BCUT2D eigenvalue weighted by molar-refractivity contribution is 5.74. The van der Waals surface area contributed by atoms with Gasteiger partial charge in [-0.2, -0.15) is 0 Å². The van der Waals surface area contributed by atoms with Gasteiger partial charge in [-0.05, 0) is 38.2 Å². The number of benzene rings is 1. The third-order valence-corrected chi connectivity index (χ3v) is 5.22. The normalized spacial score (nSPS) is 17.1. The number of carbonyl (C=O) groups excluding carboxylic acids is 1. The first kappa shape index (κ1) is 19.4. The highest BCUT2D eigenvalue weighted by atomic mass is 16.5. The number of likely N-dealkylation sites (tertiary alicyclic amines) is 1. The topological polar surface area (TPSA) is 59.4 Å². The molecule has 1 aliphatic heterocycles. The number of methoxy groups -OCH3 is 1. The lowest BCUT2D eigenvalue weighted by Gasteiger charge is -2.33. The molecule has 6 heteroatoms. The molecule has 0 radical (unpaired) electrons. The summed E-state index contributed by atoms with van der Waals surface area (Å²) in [5.41, 5.74) is 3.50. The van der Waals surface area contributed by atoms with Crippen molar-refractivity contribution in [3.63, 3.8) is 0 Å². The number of nitrogens with zero attached hydrogens (tertiary/aromatic N) is 3. The Hall–Kier alpha value is -2.34. The van der Waals surface area contributed by atoms with E-state index in [1.807, 2.05) is 11.1 Å². The summed E-state index contributed by atoms with van der Waals surface area (Å²) in [4.78, 5) is 19.0. The van der Waals surface area contributed by atoms with Gasteiger partial charge in [0.05, 0.1) is 0 Å². The number of piperidine rings is 1. The molecule has 1 aromatic heterocycles. The minimum Gasteiger partial charge on any atom is -0.377 e. The van der Waals surface area contributed by atoms with Crippen LogP contribution in [-0.4, -0.2) is 40.7 Å². The van der Waals surface area contributed by atoms with Gasteiger partial charge in [0.1, 0.15) is 12.4 Å². The predicted molar refractivity (Wildman–Crippen MR) is 105 cm³/mol. The summed E-state index contributed by atoms with van der Waals surface area (Å²) < 4.78 is 7.48. The molecule has 2 heterocycles. The van der Waals surface area contributed by atoms with Crippen LogP contribution in [0.1, 0.15) is 35.5 Å². The zero-order chi connectivity index (χ0) is 19.2. The van der Waals surface area contributed by atoms with Gasteiger partial charge in [-0.15, -0.1) is 0 Å². The van der Waals surface area contributed by atoms with E-state index in [9.17, 15) is 4.79 Å². The molecule has 1 aromatic carbocycles. The summed E-state index contributed by atoms with van der Waals surface area (Å²) in [6.45, 7) is 7.71. The first-order valence-electron chi connectivity index (χ1n) is 9.65. The number of rotatable bonds is 6. The van der Waals surface area contributed by atoms with E-state index in [-0.39, 0.29) is 6.03 Å². The second-order valence-corrected chi connectivity index (χ2v) is 7.46. The van der Waals surface area contributed by atoms with Gasteiger partial charge in [0, 0.05) is 45.2 Å². The average molecular weight is 370 g/mol. The maximum atomic E-state index is 12.6. The van der Waals surface area contributed by atoms with Crippen molar-refractivity contribution in [2.75, 3.05) is 20.2 Å². The van der Waals surface area contributed by atoms with Crippen LogP contribution in [0.3, 0.4) is 0 Å². The van der Waals surface area contributed by atoms with E-state index >= 15 is 0 Å². The Kier molecular flexibility index (Phi) is 6.50. The van der Waals surface area contributed by atoms with Crippen LogP contribution in [-0.2, 0) is 24.4 Å². The molecule has 0 spiro atoms. The van der Waals surface area contributed by atoms with Crippen LogP contribution >= 0.6 is 0 Å². The van der Waals surface area contributed by atoms with Crippen molar-refractivity contribution in [2.24, 2.45) is 5.92 Å². The molecular weight excluding hydrogens is 340 g/mol. The Morgan fingerprint density at radius 1 is 1.30 bits per heavy atom. The largest absolute Gasteiger partial charge is 0.377 e. The molecule has 27 heavy (non-hydrogen) atoms. The number of ether oxygens (including phenoxy) is 1. The average Bonchev–Trinajstić information content (AvgIpc) is 3.01. The molecule has 6 nitrogen and oxygen atoms in total. The molecule has 1 saturated heterocycles. The van der Waals surface area contributed by atoms with Crippen molar-refractivity contribution in [1.29, 1.82) is 0 Å². The van der Waals surface area contributed by atoms with Crippen LogP contribution in [0.2, 0.25) is 0 Å². The highest BCUT2D eigenvalue weighted by Crippen LogP contribution is 2.20. The Balaban J connectivity index is 1.55. The van der Waals surface area contributed by atoms with E-state index in [1.165, 1.54) is 5.56 Å². The van der Waals surface area contributed by atoms with Gasteiger partial charge in [0.15, 0.2) is 0 Å². The molecular formula is C21H30N4O2. The lowest BCUT2D eigenvalue weighted by molar-refractivity contribution is 0.152. The number of aryl methyl sites for hydroxylation is 2. The Bertz CT molecular complexity index is 754. The molecule has 1 N–H and O–H groups in total. The van der Waals surface area contributed by atoms with Crippen molar-refractivity contribution in [3.05, 3.63) is 53.1 Å². The number of nitrogens with one attached hydrogen (secondary N) is 1. The first-order valence-corrected chi connectivity index (χ1v) is 9.65. The first-order chi connectivity index (χ1) is 13.1. The summed E-state index contributed by atoms with van der Waals surface area (Å²) in [5, 5.41) is 3.06. The number of carbonyl (C=O) groups is 1. The highest BCUT2D eigenvalue weighted by Gasteiger charge is 2.24. The number of aromatic nitrogens is 2. The fraction of sp³-hybridized carbons (Fsp3) is 0.524. The second-order valence-electron chi connectivity index (χ2n) is 7.46. The summed E-state index contributed by atoms with van der Waals surface area (Å²) in [6.07, 6.45) is 4.06. The maximum absolute atomic E-state index is 12.6. The molecule has 0 saturated carbocycles. The Morgan fingerprint density at radius 3 is 2.81 bits per heavy atom. The molecule has 146 valence electrons. The van der Waals surface area contributed by atoms with Crippen LogP contribution in [0, 0.1) is 19.8 Å².